The van der Waals surface area contributed by atoms with Gasteiger partial charge in [-0.05, 0) is 18.7 Å². The lowest BCUT2D eigenvalue weighted by Gasteiger charge is -2.32. The number of halogens is 6. The number of aryl methyl sites for hydroxylation is 1. The zero-order valence-electron chi connectivity index (χ0n) is 13.1. The zero-order valence-corrected chi connectivity index (χ0v) is 13.9. The van der Waals surface area contributed by atoms with E-state index in [1.165, 1.54) is 6.26 Å². The summed E-state index contributed by atoms with van der Waals surface area (Å²) in [5.41, 5.74) is -4.84. The number of amides is 1. The topological polar surface area (TPSA) is 78.7 Å². The minimum absolute atomic E-state index is 0.103. The number of alkyl halides is 6. The number of carbonyl (C=O) groups excluding carboxylic acids is 1. The average Bonchev–Trinajstić information content (AvgIpc) is 2.94. The highest BCUT2D eigenvalue weighted by atomic mass is 32.2. The Morgan fingerprint density at radius 3 is 2.50 bits per heavy atom. The van der Waals surface area contributed by atoms with Gasteiger partial charge in [-0.25, -0.2) is 9.97 Å². The zero-order chi connectivity index (χ0) is 19.8. The van der Waals surface area contributed by atoms with Crippen LogP contribution in [0.3, 0.4) is 0 Å². The molecule has 0 saturated carbocycles. The molecule has 1 N–H and O–H groups in total. The molecule has 0 bridgehead atoms. The van der Waals surface area contributed by atoms with Gasteiger partial charge in [0.25, 0.3) is 5.72 Å². The molecule has 6 nitrogen and oxygen atoms in total. The molecule has 144 valence electrons. The molecule has 0 fully saturated rings. The third-order valence-corrected chi connectivity index (χ3v) is 3.99. The van der Waals surface area contributed by atoms with E-state index in [0.717, 1.165) is 18.0 Å². The number of aromatic nitrogens is 2. The number of aliphatic hydroxyl groups is 1. The first-order chi connectivity index (χ1) is 11.9. The largest absolute Gasteiger partial charge is 0.438 e. The number of hydrogen-bond acceptors (Lipinski definition) is 6. The van der Waals surface area contributed by atoms with Gasteiger partial charge in [0.2, 0.25) is 5.91 Å². The summed E-state index contributed by atoms with van der Waals surface area (Å²) >= 11 is 0.846. The molecule has 1 aliphatic heterocycles. The van der Waals surface area contributed by atoms with E-state index in [4.69, 9.17) is 0 Å². The molecule has 2 rings (SSSR count). The molecular formula is C13H12F6N4O2S. The van der Waals surface area contributed by atoms with Crippen LogP contribution in [0.4, 0.5) is 26.3 Å². The second-order valence-corrected chi connectivity index (χ2v) is 6.02. The molecule has 1 aromatic heterocycles. The van der Waals surface area contributed by atoms with Crippen molar-refractivity contribution in [3.05, 3.63) is 17.5 Å². The minimum atomic E-state index is -5.14. The van der Waals surface area contributed by atoms with Crippen molar-refractivity contribution in [3.8, 4) is 0 Å². The van der Waals surface area contributed by atoms with Gasteiger partial charge < -0.3 is 5.11 Å². The first kappa shape index (κ1) is 20.4. The Morgan fingerprint density at radius 2 is 1.96 bits per heavy atom. The van der Waals surface area contributed by atoms with Crippen LogP contribution in [0.1, 0.15) is 24.2 Å². The number of thioether (sulfide) groups is 1. The van der Waals surface area contributed by atoms with Crippen molar-refractivity contribution in [1.82, 2.24) is 15.0 Å². The van der Waals surface area contributed by atoms with Crippen LogP contribution in [0, 0.1) is 0 Å². The summed E-state index contributed by atoms with van der Waals surface area (Å²) in [6, 6.07) is 0.621. The molecule has 0 saturated heterocycles. The third-order valence-electron chi connectivity index (χ3n) is 3.44. The molecule has 1 aliphatic rings. The number of rotatable bonds is 4. The summed E-state index contributed by atoms with van der Waals surface area (Å²) in [7, 11) is 0. The van der Waals surface area contributed by atoms with E-state index in [9.17, 15) is 36.2 Å². The van der Waals surface area contributed by atoms with Crippen LogP contribution in [0.25, 0.3) is 0 Å². The SMILES string of the molecule is CSc1nc(CCC(=O)N2N=CCC2(O)C(F)(F)F)cc(C(F)(F)F)n1. The van der Waals surface area contributed by atoms with E-state index in [2.05, 4.69) is 15.1 Å². The molecule has 26 heavy (non-hydrogen) atoms. The second-order valence-electron chi connectivity index (χ2n) is 5.25. The summed E-state index contributed by atoms with van der Waals surface area (Å²) in [5.74, 6) is -1.20. The molecule has 0 radical (unpaired) electrons. The van der Waals surface area contributed by atoms with Crippen molar-refractivity contribution >= 4 is 23.9 Å². The van der Waals surface area contributed by atoms with Crippen molar-refractivity contribution in [1.29, 1.82) is 0 Å². The fraction of sp³-hybridized carbons (Fsp3) is 0.538. The van der Waals surface area contributed by atoms with Gasteiger partial charge >= 0.3 is 12.4 Å². The van der Waals surface area contributed by atoms with E-state index in [1.54, 1.807) is 0 Å². The smallest absolute Gasteiger partial charge is 0.362 e. The first-order valence-electron chi connectivity index (χ1n) is 7.02. The summed E-state index contributed by atoms with van der Waals surface area (Å²) in [6.45, 7) is 0. The molecule has 0 aliphatic carbocycles. The van der Waals surface area contributed by atoms with Gasteiger partial charge in [0.05, 0.1) is 0 Å². The molecule has 1 aromatic rings. The van der Waals surface area contributed by atoms with Crippen LogP contribution in [0.2, 0.25) is 0 Å². The Morgan fingerprint density at radius 1 is 1.31 bits per heavy atom. The Kier molecular flexibility index (Phi) is 5.52. The van der Waals surface area contributed by atoms with Crippen molar-refractivity contribution in [2.24, 2.45) is 5.10 Å². The van der Waals surface area contributed by atoms with Gasteiger partial charge in [0.15, 0.2) is 5.16 Å². The minimum Gasteiger partial charge on any atom is -0.362 e. The fourth-order valence-electron chi connectivity index (χ4n) is 2.12. The van der Waals surface area contributed by atoms with Crippen LogP contribution < -0.4 is 0 Å². The van der Waals surface area contributed by atoms with Gasteiger partial charge in [0, 0.05) is 24.8 Å². The highest BCUT2D eigenvalue weighted by Crippen LogP contribution is 2.39. The molecule has 1 atom stereocenters. The number of hydrogen-bond donors (Lipinski definition) is 1. The molecular weight excluding hydrogens is 390 g/mol. The van der Waals surface area contributed by atoms with Crippen LogP contribution in [-0.2, 0) is 17.4 Å². The van der Waals surface area contributed by atoms with E-state index in [-0.39, 0.29) is 22.3 Å². The van der Waals surface area contributed by atoms with Crippen LogP contribution in [0.5, 0.6) is 0 Å². The quantitative estimate of drug-likeness (QED) is 0.476. The van der Waals surface area contributed by atoms with E-state index in [1.807, 2.05) is 0 Å². The van der Waals surface area contributed by atoms with E-state index in [0.29, 0.717) is 6.07 Å². The summed E-state index contributed by atoms with van der Waals surface area (Å²) in [6.07, 6.45) is -9.61. The maximum Gasteiger partial charge on any atom is 0.438 e. The molecule has 13 heteroatoms. The van der Waals surface area contributed by atoms with E-state index < -0.39 is 42.5 Å². The molecule has 1 unspecified atom stereocenters. The van der Waals surface area contributed by atoms with Gasteiger partial charge in [0.1, 0.15) is 5.69 Å². The fourth-order valence-corrected chi connectivity index (χ4v) is 2.52. The standard InChI is InChI=1S/C13H12F6N4O2S/c1-26-10-21-7(6-8(22-10)12(14,15)16)2-3-9(24)23-11(25,4-5-20-23)13(17,18)19/h5-6,25H,2-4H2,1H3. The van der Waals surface area contributed by atoms with Crippen LogP contribution >= 0.6 is 11.8 Å². The predicted molar refractivity (Wildman–Crippen MR) is 78.1 cm³/mol. The van der Waals surface area contributed by atoms with Crippen molar-refractivity contribution in [2.45, 2.75) is 42.5 Å². The molecule has 0 aromatic carbocycles. The maximum absolute atomic E-state index is 12.9. The highest BCUT2D eigenvalue weighted by molar-refractivity contribution is 7.98. The lowest BCUT2D eigenvalue weighted by atomic mass is 10.1. The number of nitrogens with zero attached hydrogens (tertiary/aromatic N) is 4. The Bertz CT molecular complexity index is 724. The lowest BCUT2D eigenvalue weighted by Crippen LogP contribution is -2.56. The summed E-state index contributed by atoms with van der Waals surface area (Å²) in [4.78, 5) is 19.1. The van der Waals surface area contributed by atoms with Gasteiger partial charge in [-0.3, -0.25) is 4.79 Å². The normalized spacial score (nSPS) is 20.7. The molecule has 2 heterocycles. The number of carbonyl (C=O) groups is 1. The molecule has 0 spiro atoms. The van der Waals surface area contributed by atoms with Crippen molar-refractivity contribution in [2.75, 3.05) is 6.26 Å². The van der Waals surface area contributed by atoms with Crippen molar-refractivity contribution < 1.29 is 36.2 Å². The second kappa shape index (κ2) is 7.02. The monoisotopic (exact) mass is 402 g/mol. The third kappa shape index (κ3) is 4.09. The molecule has 1 amide bonds. The first-order valence-corrected chi connectivity index (χ1v) is 8.24. The van der Waals surface area contributed by atoms with E-state index >= 15 is 0 Å². The maximum atomic E-state index is 12.9. The Hall–Kier alpha value is -1.89. The van der Waals surface area contributed by atoms with Gasteiger partial charge in [-0.15, -0.1) is 0 Å². The Labute approximate surface area is 147 Å². The lowest BCUT2D eigenvalue weighted by molar-refractivity contribution is -0.302. The van der Waals surface area contributed by atoms with Crippen molar-refractivity contribution in [3.63, 3.8) is 0 Å². The van der Waals surface area contributed by atoms with Gasteiger partial charge in [-0.1, -0.05) is 11.8 Å². The van der Waals surface area contributed by atoms with Gasteiger partial charge in [-0.2, -0.15) is 36.5 Å². The number of hydrazone groups is 1. The highest BCUT2D eigenvalue weighted by Gasteiger charge is 2.61. The van der Waals surface area contributed by atoms with Crippen LogP contribution in [0.15, 0.2) is 16.3 Å². The average molecular weight is 402 g/mol. The predicted octanol–water partition coefficient (Wildman–Crippen LogP) is 2.62. The summed E-state index contributed by atoms with van der Waals surface area (Å²) < 4.78 is 77.2. The van der Waals surface area contributed by atoms with Crippen LogP contribution in [-0.4, -0.2) is 50.4 Å². The Balaban J connectivity index is 2.16. The summed E-state index contributed by atoms with van der Waals surface area (Å²) in [5, 5.41) is 12.6.